The van der Waals surface area contributed by atoms with Gasteiger partial charge in [-0.05, 0) is 180 Å². The van der Waals surface area contributed by atoms with Crippen molar-refractivity contribution in [2.45, 2.75) is 358 Å². The molecule has 35 heteroatoms. The molecule has 5 heterocycles. The van der Waals surface area contributed by atoms with Crippen LogP contribution in [0.5, 0.6) is 0 Å². The van der Waals surface area contributed by atoms with Crippen LogP contribution < -0.4 is 282 Å². The summed E-state index contributed by atoms with van der Waals surface area (Å²) in [4.78, 5) is 68.2. The zero-order chi connectivity index (χ0) is 69.5. The summed E-state index contributed by atoms with van der Waals surface area (Å²) in [6, 6.07) is 0. The number of aliphatic hydroxyl groups is 10. The standard InChI is InChI=1S/C57H96O30.5CH4.5K/c1-33(2)39(8,68)40(9,69)50(19,35(4,79-33)29(60)61)84-55(24)46(15,75)42(11,71)52(21,37(6,81-55)31(64)65)86-57(26)48(17,77)44(13,73)53(22,38(7,83-57)32(66)67)87-56(25)47(16,76)43(12,72)51(20,36(5,82-56)30(62)63)85-54(23)45(14,74)41(10,70)49(18,78-27)34(3,80-54)28(58)59;;;;;;;;;;/h68-77H,1-27H3,(H,58,59)(H,60,61)(H,62,63)(H,64,65)(H,66,67);5*1H4;;;;;/q;;;;;;5*+1/p-5/t34?,35?,36-,37-,38?,39?,40-,41-,42?,43?,44+,45?,46?,47?,48?,49+,50+,51+,52+,53+,54-,55-,56-,57-;;;;;;;;;;/m0........../s1. The maximum atomic E-state index is 14.1. The maximum absolute atomic E-state index is 14.1. The first kappa shape index (κ1) is 113. The van der Waals surface area contributed by atoms with E-state index < -0.39 is 171 Å². The summed E-state index contributed by atoms with van der Waals surface area (Å²) in [7, 11) is 0.968. The molecule has 24 atom stereocenters. The summed E-state index contributed by atoms with van der Waals surface area (Å²) in [5.41, 5.74) is -64.6. The molecule has 30 nitrogen and oxygen atoms in total. The van der Waals surface area contributed by atoms with Crippen LogP contribution in [0.2, 0.25) is 0 Å². The smallest absolute Gasteiger partial charge is 0.547 e. The predicted molar refractivity (Wildman–Crippen MR) is 313 cm³/mol. The van der Waals surface area contributed by atoms with Crippen LogP contribution in [0.1, 0.15) is 217 Å². The molecule has 544 valence electrons. The van der Waals surface area contributed by atoms with E-state index in [0.29, 0.717) is 48.5 Å². The number of ether oxygens (including phenoxy) is 10. The normalized spacial score (nSPS) is 52.6. The van der Waals surface area contributed by atoms with Gasteiger partial charge in [0.2, 0.25) is 0 Å². The molecule has 0 aromatic carbocycles. The van der Waals surface area contributed by atoms with Gasteiger partial charge in [0.1, 0.15) is 112 Å². The Morgan fingerprint density at radius 2 is 0.381 bits per heavy atom. The summed E-state index contributed by atoms with van der Waals surface area (Å²) < 4.78 is 61.5. The minimum atomic E-state index is -3.50. The Bertz CT molecular complexity index is 2920. The van der Waals surface area contributed by atoms with Crippen molar-refractivity contribution in [3.8, 4) is 0 Å². The first-order valence-electron chi connectivity index (χ1n) is 27.8. The molecule has 10 unspecified atom stereocenters. The topological polar surface area (TPSA) is 495 Å². The maximum Gasteiger partial charge on any atom is 1.00 e. The van der Waals surface area contributed by atoms with E-state index in [1.165, 1.54) is 13.8 Å². The van der Waals surface area contributed by atoms with Gasteiger partial charge in [0.25, 0.3) is 0 Å². The number of methoxy groups -OCH3 is 1. The minimum Gasteiger partial charge on any atom is -0.547 e. The van der Waals surface area contributed by atoms with Crippen molar-refractivity contribution in [3.05, 3.63) is 0 Å². The zero-order valence-electron chi connectivity index (χ0n) is 59.6. The Balaban J connectivity index is -0.00000207. The van der Waals surface area contributed by atoms with Crippen molar-refractivity contribution < 1.29 is 405 Å². The Labute approximate surface area is 785 Å². The summed E-state index contributed by atoms with van der Waals surface area (Å²) in [5.74, 6) is -24.3. The van der Waals surface area contributed by atoms with Crippen molar-refractivity contribution >= 4 is 29.8 Å². The third-order valence-electron chi connectivity index (χ3n) is 24.7. The first-order valence-corrected chi connectivity index (χ1v) is 27.8. The van der Waals surface area contributed by atoms with Gasteiger partial charge in [0.15, 0.2) is 23.1 Å². The monoisotopic (exact) mass is 1530 g/mol. The molecule has 0 bridgehead atoms. The number of carboxylic acid groups (broad SMARTS) is 5. The second kappa shape index (κ2) is 31.0. The molecule has 0 radical (unpaired) electrons. The van der Waals surface area contributed by atoms with E-state index >= 15 is 0 Å². The van der Waals surface area contributed by atoms with Crippen LogP contribution in [0.15, 0.2) is 0 Å². The number of hydrogen-bond donors (Lipinski definition) is 10. The van der Waals surface area contributed by atoms with Gasteiger partial charge in [0.05, 0.1) is 35.4 Å². The minimum absolute atomic E-state index is 0. The van der Waals surface area contributed by atoms with E-state index in [0.717, 1.165) is 125 Å². The van der Waals surface area contributed by atoms with E-state index in [2.05, 4.69) is 0 Å². The molecule has 5 fully saturated rings. The van der Waals surface area contributed by atoms with Crippen LogP contribution in [0, 0.1) is 0 Å². The van der Waals surface area contributed by atoms with E-state index in [4.69, 9.17) is 47.4 Å². The van der Waals surface area contributed by atoms with E-state index in [1.807, 2.05) is 0 Å². The van der Waals surface area contributed by atoms with E-state index in [9.17, 15) is 101 Å². The molecule has 0 spiro atoms. The Morgan fingerprint density at radius 3 is 0.536 bits per heavy atom. The first-order chi connectivity index (χ1) is 37.6. The van der Waals surface area contributed by atoms with Crippen LogP contribution in [-0.4, -0.2) is 229 Å². The van der Waals surface area contributed by atoms with Crippen LogP contribution in [0.3, 0.4) is 0 Å². The van der Waals surface area contributed by atoms with Gasteiger partial charge in [-0.3, -0.25) is 0 Å². The Kier molecular flexibility index (Phi) is 36.0. The van der Waals surface area contributed by atoms with Crippen molar-refractivity contribution in [1.29, 1.82) is 0 Å². The van der Waals surface area contributed by atoms with Gasteiger partial charge < -0.3 is 148 Å². The molecule has 5 aliphatic rings. The number of carboxylic acids is 5. The quantitative estimate of drug-likeness (QED) is 0.0722. The summed E-state index contributed by atoms with van der Waals surface area (Å²) in [6.07, 6.45) is 0. The second-order valence-electron chi connectivity index (χ2n) is 28.9. The summed E-state index contributed by atoms with van der Waals surface area (Å²) in [6.45, 7) is 21.4. The number of rotatable bonds is 14. The van der Waals surface area contributed by atoms with Gasteiger partial charge in [-0.2, -0.15) is 0 Å². The van der Waals surface area contributed by atoms with E-state index in [1.54, 1.807) is 0 Å². The summed E-state index contributed by atoms with van der Waals surface area (Å²) >= 11 is 0. The van der Waals surface area contributed by atoms with Crippen molar-refractivity contribution in [2.24, 2.45) is 0 Å². The fourth-order valence-electron chi connectivity index (χ4n) is 14.5. The van der Waals surface area contributed by atoms with Crippen molar-refractivity contribution in [2.75, 3.05) is 7.11 Å². The summed E-state index contributed by atoms with van der Waals surface area (Å²) in [5, 5.41) is 195. The SMILES string of the molecule is C.C.C.C.C.CO[C@]1(C)C(C)(C(=O)[O-])O[C@@](C)(O[C@@]2(C)C(C)(O)C(C)(O)[C@](C)(O[C@]3(C)C(C)(C(=O)[O-])O[C@@](C)(O[C@@]4(C)C(C)(O)C(C)(O)[C@](C)(O[C@]5(C)C(C)(C(=O)[O-])OC(C)(C)C(C)(O)[C@]5(C)O)O[C@@]4(C)C(=O)[O-])C(C)(O)[C@@]3(C)O)O[C@@]2(C)C(=O)[O-])C(C)(O)[C@]1(C)O.[K+].[K+].[K+].[K+].[K+]. The van der Waals surface area contributed by atoms with Gasteiger partial charge in [-0.15, -0.1) is 0 Å². The zero-order valence-corrected chi connectivity index (χ0v) is 75.3. The molecule has 0 aromatic heterocycles. The van der Waals surface area contributed by atoms with Crippen molar-refractivity contribution in [1.82, 2.24) is 0 Å². The second-order valence-corrected chi connectivity index (χ2v) is 28.9. The number of carbonyl (C=O) groups is 5. The van der Waals surface area contributed by atoms with Gasteiger partial charge in [-0.1, -0.05) is 37.1 Å². The molecule has 0 saturated carbocycles. The van der Waals surface area contributed by atoms with Crippen LogP contribution in [0.4, 0.5) is 0 Å². The average Bonchev–Trinajstić information content (AvgIpc) is 3.32. The van der Waals surface area contributed by atoms with Gasteiger partial charge >= 0.3 is 257 Å². The molecule has 10 N–H and O–H groups in total. The van der Waals surface area contributed by atoms with Crippen LogP contribution in [-0.2, 0) is 71.3 Å². The molecular weight excluding hydrogens is 1420 g/mol. The number of aliphatic carboxylic acids is 5. The fraction of sp³-hybridized carbons (Fsp3) is 0.919. The van der Waals surface area contributed by atoms with Gasteiger partial charge in [0, 0.05) is 7.11 Å². The fourth-order valence-corrected chi connectivity index (χ4v) is 14.5. The molecule has 0 amide bonds. The Morgan fingerprint density at radius 1 is 0.247 bits per heavy atom. The molecule has 5 rings (SSSR count). The molecular formula is C62H111K5O30. The van der Waals surface area contributed by atoms with Gasteiger partial charge in [-0.25, -0.2) is 0 Å². The molecule has 5 saturated heterocycles. The van der Waals surface area contributed by atoms with Crippen molar-refractivity contribution in [3.63, 3.8) is 0 Å². The van der Waals surface area contributed by atoms with E-state index in [-0.39, 0.29) is 294 Å². The molecule has 97 heavy (non-hydrogen) atoms. The largest absolute Gasteiger partial charge is 1.00 e. The third kappa shape index (κ3) is 13.3. The molecule has 5 aliphatic heterocycles. The Hall–Kier alpha value is 4.73. The van der Waals surface area contributed by atoms with Crippen LogP contribution >= 0.6 is 0 Å². The average molecular weight is 1530 g/mol. The third-order valence-corrected chi connectivity index (χ3v) is 24.7. The number of carbonyl (C=O) groups excluding carboxylic acids is 5. The van der Waals surface area contributed by atoms with Crippen LogP contribution in [0.25, 0.3) is 0 Å². The molecule has 0 aliphatic carbocycles. The molecule has 0 aromatic rings. The predicted octanol–water partition coefficient (Wildman–Crippen LogP) is -18.5. The number of hydrogen-bond acceptors (Lipinski definition) is 30.